The third kappa shape index (κ3) is 3.25. The minimum atomic E-state index is -4.40. The van der Waals surface area contributed by atoms with Gasteiger partial charge in [-0.25, -0.2) is 8.42 Å². The molecule has 0 saturated heterocycles. The number of sulfone groups is 1. The van der Waals surface area contributed by atoms with Crippen LogP contribution in [-0.2, 0) is 9.84 Å². The molecule has 9 heteroatoms. The Labute approximate surface area is 150 Å². The van der Waals surface area contributed by atoms with Crippen molar-refractivity contribution in [2.75, 3.05) is 28.4 Å². The molecule has 0 fully saturated rings. The zero-order valence-corrected chi connectivity index (χ0v) is 15.4. The summed E-state index contributed by atoms with van der Waals surface area (Å²) in [6.45, 7) is 0. The second-order valence-electron chi connectivity index (χ2n) is 4.98. The summed E-state index contributed by atoms with van der Waals surface area (Å²) in [5, 5.41) is 11.7. The zero-order valence-electron chi connectivity index (χ0n) is 14.6. The monoisotopic (exact) mass is 381 g/mol. The molecule has 0 amide bonds. The molecule has 2 aromatic rings. The first-order valence-corrected chi connectivity index (χ1v) is 8.73. The van der Waals surface area contributed by atoms with E-state index in [9.17, 15) is 18.3 Å². The number of ether oxygens (including phenoxy) is 4. The molecule has 0 radical (unpaired) electrons. The van der Waals surface area contributed by atoms with Crippen LogP contribution in [0.3, 0.4) is 0 Å². The van der Waals surface area contributed by atoms with Crippen LogP contribution in [0, 0.1) is 0 Å². The maximum absolute atomic E-state index is 13.3. The number of rotatable bonds is 7. The summed E-state index contributed by atoms with van der Waals surface area (Å²) in [6.07, 6.45) is 0. The molecule has 0 saturated carbocycles. The summed E-state index contributed by atoms with van der Waals surface area (Å²) in [5.41, 5.74) is -0.642. The lowest BCUT2D eigenvalue weighted by Gasteiger charge is -2.19. The number of aromatic carboxylic acids is 1. The van der Waals surface area contributed by atoms with Crippen LogP contribution in [0.5, 0.6) is 23.0 Å². The van der Waals surface area contributed by atoms with E-state index < -0.39 is 26.3 Å². The summed E-state index contributed by atoms with van der Waals surface area (Å²) < 4.78 is 46.8. The molecule has 0 spiro atoms. The van der Waals surface area contributed by atoms with E-state index in [-0.39, 0.29) is 27.9 Å². The zero-order chi connectivity index (χ0) is 19.5. The fourth-order valence-corrected chi connectivity index (χ4v) is 4.22. The second-order valence-corrected chi connectivity index (χ2v) is 6.84. The molecule has 0 aromatic heterocycles. The highest BCUT2D eigenvalue weighted by molar-refractivity contribution is 7.91. The summed E-state index contributed by atoms with van der Waals surface area (Å²) in [5.74, 6) is -1.80. The number of carboxylic acids is 1. The lowest BCUT2D eigenvalue weighted by atomic mass is 10.2. The van der Waals surface area contributed by atoms with Gasteiger partial charge in [0.15, 0.2) is 0 Å². The molecular weight excluding hydrogens is 364 g/mol. The number of carboxylic acid groups (broad SMARTS) is 1. The topological polar surface area (TPSA) is 111 Å². The predicted octanol–water partition coefficient (Wildman–Crippen LogP) is 0.917. The summed E-state index contributed by atoms with van der Waals surface area (Å²) >= 11 is 0. The number of methoxy groups -OCH3 is 4. The number of carbonyl (C=O) groups is 1. The Morgan fingerprint density at radius 1 is 0.846 bits per heavy atom. The van der Waals surface area contributed by atoms with Crippen molar-refractivity contribution in [3.63, 3.8) is 0 Å². The van der Waals surface area contributed by atoms with Crippen molar-refractivity contribution < 1.29 is 37.3 Å². The second kappa shape index (κ2) is 7.52. The summed E-state index contributed by atoms with van der Waals surface area (Å²) in [4.78, 5) is 10.8. The predicted molar refractivity (Wildman–Crippen MR) is 88.9 cm³/mol. The minimum Gasteiger partial charge on any atom is -0.545 e. The van der Waals surface area contributed by atoms with Crippen LogP contribution in [0.1, 0.15) is 10.4 Å². The van der Waals surface area contributed by atoms with Crippen molar-refractivity contribution in [2.45, 2.75) is 9.79 Å². The average Bonchev–Trinajstić information content (AvgIpc) is 2.65. The molecule has 0 N–H and O–H groups in total. The Bertz CT molecular complexity index is 934. The highest BCUT2D eigenvalue weighted by Gasteiger charge is 2.32. The Hall–Kier alpha value is -2.94. The van der Waals surface area contributed by atoms with Gasteiger partial charge in [0, 0.05) is 6.07 Å². The summed E-state index contributed by atoms with van der Waals surface area (Å²) in [7, 11) is 0.715. The number of hydrogen-bond donors (Lipinski definition) is 0. The third-order valence-electron chi connectivity index (χ3n) is 3.66. The van der Waals surface area contributed by atoms with Gasteiger partial charge in [0.1, 0.15) is 32.8 Å². The van der Waals surface area contributed by atoms with Crippen molar-refractivity contribution in [2.24, 2.45) is 0 Å². The smallest absolute Gasteiger partial charge is 0.214 e. The lowest BCUT2D eigenvalue weighted by Crippen LogP contribution is -2.26. The number of hydrogen-bond acceptors (Lipinski definition) is 8. The molecule has 0 aliphatic heterocycles. The average molecular weight is 381 g/mol. The standard InChI is InChI=1S/C17H18O8S/c1-22-10-5-6-11(23-2)14(9-10)26(20,21)16-13(25-4)8-7-12(24-3)15(16)17(18)19/h5-9H,1-4H3,(H,18,19)/p-1. The fourth-order valence-electron chi connectivity index (χ4n) is 2.44. The van der Waals surface area contributed by atoms with Gasteiger partial charge in [-0.15, -0.1) is 0 Å². The van der Waals surface area contributed by atoms with E-state index in [1.54, 1.807) is 0 Å². The van der Waals surface area contributed by atoms with Crippen molar-refractivity contribution in [1.29, 1.82) is 0 Å². The fraction of sp³-hybridized carbons (Fsp3) is 0.235. The maximum Gasteiger partial charge on any atom is 0.214 e. The minimum absolute atomic E-state index is 0.0139. The van der Waals surface area contributed by atoms with Gasteiger partial charge in [-0.05, 0) is 24.3 Å². The first kappa shape index (κ1) is 19.4. The van der Waals surface area contributed by atoms with E-state index in [1.807, 2.05) is 0 Å². The van der Waals surface area contributed by atoms with Crippen molar-refractivity contribution >= 4 is 15.8 Å². The molecule has 2 aromatic carbocycles. The largest absolute Gasteiger partial charge is 0.545 e. The van der Waals surface area contributed by atoms with Crippen LogP contribution < -0.4 is 24.1 Å². The Morgan fingerprint density at radius 2 is 1.38 bits per heavy atom. The van der Waals surface area contributed by atoms with Crippen molar-refractivity contribution in [3.8, 4) is 23.0 Å². The van der Waals surface area contributed by atoms with Crippen LogP contribution in [0.25, 0.3) is 0 Å². The molecule has 0 atom stereocenters. The van der Waals surface area contributed by atoms with E-state index >= 15 is 0 Å². The van der Waals surface area contributed by atoms with E-state index in [0.29, 0.717) is 0 Å². The van der Waals surface area contributed by atoms with E-state index in [2.05, 4.69) is 0 Å². The van der Waals surface area contributed by atoms with E-state index in [4.69, 9.17) is 18.9 Å². The molecule has 8 nitrogen and oxygen atoms in total. The van der Waals surface area contributed by atoms with Gasteiger partial charge in [-0.3, -0.25) is 0 Å². The van der Waals surface area contributed by atoms with Gasteiger partial charge < -0.3 is 28.8 Å². The van der Waals surface area contributed by atoms with Crippen LogP contribution in [0.4, 0.5) is 0 Å². The van der Waals surface area contributed by atoms with Crippen LogP contribution in [0.2, 0.25) is 0 Å². The Balaban J connectivity index is 2.92. The molecule has 2 rings (SSSR count). The van der Waals surface area contributed by atoms with Gasteiger partial charge in [0.2, 0.25) is 9.84 Å². The van der Waals surface area contributed by atoms with Gasteiger partial charge in [0.25, 0.3) is 0 Å². The number of carbonyl (C=O) groups excluding carboxylic acids is 1. The van der Waals surface area contributed by atoms with Crippen molar-refractivity contribution in [3.05, 3.63) is 35.9 Å². The van der Waals surface area contributed by atoms with E-state index in [1.165, 1.54) is 58.8 Å². The molecule has 0 unspecified atom stereocenters. The molecule has 140 valence electrons. The van der Waals surface area contributed by atoms with Crippen LogP contribution in [-0.4, -0.2) is 42.8 Å². The number of benzene rings is 2. The third-order valence-corrected chi connectivity index (χ3v) is 5.50. The summed E-state index contributed by atoms with van der Waals surface area (Å²) in [6, 6.07) is 6.72. The first-order valence-electron chi connectivity index (χ1n) is 7.25. The van der Waals surface area contributed by atoms with E-state index in [0.717, 1.165) is 0 Å². The molecule has 0 heterocycles. The highest BCUT2D eigenvalue weighted by atomic mass is 32.2. The maximum atomic E-state index is 13.3. The molecule has 0 aliphatic carbocycles. The molecule has 0 bridgehead atoms. The quantitative estimate of drug-likeness (QED) is 0.696. The highest BCUT2D eigenvalue weighted by Crippen LogP contribution is 2.40. The van der Waals surface area contributed by atoms with Gasteiger partial charge in [0.05, 0.1) is 40.0 Å². The van der Waals surface area contributed by atoms with Crippen molar-refractivity contribution in [1.82, 2.24) is 0 Å². The first-order chi connectivity index (χ1) is 12.3. The normalized spacial score (nSPS) is 10.9. The van der Waals surface area contributed by atoms with Gasteiger partial charge in [-0.2, -0.15) is 0 Å². The molecular formula is C17H17O8S-. The lowest BCUT2D eigenvalue weighted by molar-refractivity contribution is -0.255. The van der Waals surface area contributed by atoms with Gasteiger partial charge in [-0.1, -0.05) is 0 Å². The van der Waals surface area contributed by atoms with Crippen LogP contribution >= 0.6 is 0 Å². The van der Waals surface area contributed by atoms with Crippen LogP contribution in [0.15, 0.2) is 40.1 Å². The molecule has 0 aliphatic rings. The Kier molecular flexibility index (Phi) is 5.61. The van der Waals surface area contributed by atoms with Gasteiger partial charge >= 0.3 is 0 Å². The SMILES string of the molecule is COc1ccc(OC)c(S(=O)(=O)c2c(OC)ccc(OC)c2C(=O)[O-])c1. The Morgan fingerprint density at radius 3 is 1.88 bits per heavy atom. The molecule has 26 heavy (non-hydrogen) atoms.